The molecule has 2 amide bonds. The molecule has 0 saturated carbocycles. The van der Waals surface area contributed by atoms with E-state index in [4.69, 9.17) is 4.74 Å². The molecule has 4 rings (SSSR count). The highest BCUT2D eigenvalue weighted by Crippen LogP contribution is 2.14. The summed E-state index contributed by atoms with van der Waals surface area (Å²) in [6, 6.07) is 25.0. The lowest BCUT2D eigenvalue weighted by Crippen LogP contribution is -2.45. The summed E-state index contributed by atoms with van der Waals surface area (Å²) in [5, 5.41) is 16.6. The van der Waals surface area contributed by atoms with Crippen molar-refractivity contribution in [3.63, 3.8) is 0 Å². The Morgan fingerprint density at radius 1 is 0.909 bits per heavy atom. The summed E-state index contributed by atoms with van der Waals surface area (Å²) < 4.78 is 6.79. The van der Waals surface area contributed by atoms with Gasteiger partial charge in [-0.3, -0.25) is 4.79 Å². The molecule has 0 saturated heterocycles. The molecule has 0 aliphatic heterocycles. The number of carbonyl (C=O) groups excluding carboxylic acids is 2. The van der Waals surface area contributed by atoms with Crippen molar-refractivity contribution in [3.8, 4) is 5.69 Å². The summed E-state index contributed by atoms with van der Waals surface area (Å²) in [4.78, 5) is 25.5. The first kappa shape index (κ1) is 21.7. The molecule has 9 heteroatoms. The van der Waals surface area contributed by atoms with Gasteiger partial charge in [0, 0.05) is 12.1 Å². The summed E-state index contributed by atoms with van der Waals surface area (Å²) in [7, 11) is 0. The van der Waals surface area contributed by atoms with Gasteiger partial charge in [-0.25, -0.2) is 9.48 Å². The number of aromatic nitrogens is 4. The van der Waals surface area contributed by atoms with E-state index in [1.807, 2.05) is 66.7 Å². The summed E-state index contributed by atoms with van der Waals surface area (Å²) in [6.45, 7) is 0.111. The number of hydrogen-bond donors (Lipinski definition) is 2. The molecule has 0 aliphatic carbocycles. The van der Waals surface area contributed by atoms with Gasteiger partial charge < -0.3 is 15.4 Å². The van der Waals surface area contributed by atoms with E-state index in [0.717, 1.165) is 11.1 Å². The average molecular weight is 442 g/mol. The van der Waals surface area contributed by atoms with Crippen LogP contribution in [0.15, 0.2) is 91.3 Å². The van der Waals surface area contributed by atoms with Crippen LogP contribution in [-0.4, -0.2) is 38.2 Å². The molecule has 0 spiro atoms. The van der Waals surface area contributed by atoms with Crippen molar-refractivity contribution >= 4 is 17.7 Å². The van der Waals surface area contributed by atoms with Gasteiger partial charge in [0.2, 0.25) is 5.91 Å². The number of amides is 2. The molecule has 3 aromatic carbocycles. The number of carbonyl (C=O) groups is 2. The highest BCUT2D eigenvalue weighted by atomic mass is 16.5. The Bertz CT molecular complexity index is 1180. The molecule has 0 aliphatic rings. The zero-order valence-corrected chi connectivity index (χ0v) is 17.7. The number of nitrogens with one attached hydrogen (secondary N) is 2. The minimum atomic E-state index is -0.840. The molecule has 4 aromatic rings. The van der Waals surface area contributed by atoms with E-state index in [1.54, 1.807) is 18.2 Å². The predicted octanol–water partition coefficient (Wildman–Crippen LogP) is 3.14. The maximum atomic E-state index is 13.1. The third-order valence-electron chi connectivity index (χ3n) is 4.83. The zero-order valence-electron chi connectivity index (χ0n) is 17.7. The Morgan fingerprint density at radius 3 is 2.33 bits per heavy atom. The van der Waals surface area contributed by atoms with Gasteiger partial charge in [-0.1, -0.05) is 66.7 Å². The van der Waals surface area contributed by atoms with E-state index in [-0.39, 0.29) is 12.5 Å². The standard InChI is InChI=1S/C24H22N6O3/c31-23(26-20-12-7-13-21(15-20)30-17-25-28-29-30)22(14-18-8-3-1-4-9-18)27-24(32)33-16-19-10-5-2-6-11-19/h1-13,15,17,22H,14,16H2,(H,26,31)(H,27,32)/t22-/m0/s1. The van der Waals surface area contributed by atoms with Crippen LogP contribution in [0.25, 0.3) is 5.69 Å². The number of alkyl carbamates (subject to hydrolysis) is 1. The number of benzene rings is 3. The fraction of sp³-hybridized carbons (Fsp3) is 0.125. The normalized spacial score (nSPS) is 11.4. The Hall–Kier alpha value is -4.53. The van der Waals surface area contributed by atoms with Crippen molar-refractivity contribution in [2.45, 2.75) is 19.1 Å². The lowest BCUT2D eigenvalue weighted by molar-refractivity contribution is -0.118. The third kappa shape index (κ3) is 6.23. The lowest BCUT2D eigenvalue weighted by atomic mass is 10.1. The van der Waals surface area contributed by atoms with E-state index < -0.39 is 12.1 Å². The molecule has 9 nitrogen and oxygen atoms in total. The first-order chi connectivity index (χ1) is 16.2. The van der Waals surface area contributed by atoms with Gasteiger partial charge in [0.05, 0.1) is 5.69 Å². The smallest absolute Gasteiger partial charge is 0.408 e. The number of tetrazole rings is 1. The Labute approximate surface area is 190 Å². The molecular formula is C24H22N6O3. The first-order valence-corrected chi connectivity index (χ1v) is 10.3. The van der Waals surface area contributed by atoms with Crippen molar-refractivity contribution in [3.05, 3.63) is 102 Å². The largest absolute Gasteiger partial charge is 0.445 e. The molecule has 166 valence electrons. The van der Waals surface area contributed by atoms with Crippen LogP contribution < -0.4 is 10.6 Å². The van der Waals surface area contributed by atoms with Gasteiger partial charge in [0.25, 0.3) is 0 Å². The molecule has 0 bridgehead atoms. The fourth-order valence-corrected chi connectivity index (χ4v) is 3.20. The highest BCUT2D eigenvalue weighted by molar-refractivity contribution is 5.97. The molecule has 1 aromatic heterocycles. The molecular weight excluding hydrogens is 420 g/mol. The molecule has 1 heterocycles. The van der Waals surface area contributed by atoms with Crippen molar-refractivity contribution < 1.29 is 14.3 Å². The van der Waals surface area contributed by atoms with Crippen molar-refractivity contribution in [2.75, 3.05) is 5.32 Å². The predicted molar refractivity (Wildman–Crippen MR) is 121 cm³/mol. The van der Waals surface area contributed by atoms with Crippen molar-refractivity contribution in [2.24, 2.45) is 0 Å². The van der Waals surface area contributed by atoms with E-state index in [9.17, 15) is 9.59 Å². The van der Waals surface area contributed by atoms with E-state index in [2.05, 4.69) is 26.2 Å². The number of rotatable bonds is 8. The summed E-state index contributed by atoms with van der Waals surface area (Å²) in [5.41, 5.74) is 3.00. The van der Waals surface area contributed by atoms with Crippen LogP contribution in [0.1, 0.15) is 11.1 Å². The van der Waals surface area contributed by atoms with E-state index >= 15 is 0 Å². The van der Waals surface area contributed by atoms with Crippen LogP contribution in [0.3, 0.4) is 0 Å². The summed E-state index contributed by atoms with van der Waals surface area (Å²) in [5.74, 6) is -0.371. The van der Waals surface area contributed by atoms with Crippen LogP contribution in [0.2, 0.25) is 0 Å². The number of nitrogens with zero attached hydrogens (tertiary/aromatic N) is 4. The Balaban J connectivity index is 1.45. The molecule has 0 unspecified atom stereocenters. The van der Waals surface area contributed by atoms with Crippen LogP contribution in [0.4, 0.5) is 10.5 Å². The SMILES string of the molecule is O=C(N[C@@H](Cc1ccccc1)C(=O)Nc1cccc(-n2cnnn2)c1)OCc1ccccc1. The molecule has 1 atom stereocenters. The topological polar surface area (TPSA) is 111 Å². The molecule has 0 radical (unpaired) electrons. The second kappa shape index (κ2) is 10.7. The minimum absolute atomic E-state index is 0.111. The van der Waals surface area contributed by atoms with Crippen LogP contribution in [0, 0.1) is 0 Å². The number of anilines is 1. The molecule has 33 heavy (non-hydrogen) atoms. The second-order valence-electron chi connectivity index (χ2n) is 7.24. The van der Waals surface area contributed by atoms with Crippen molar-refractivity contribution in [1.82, 2.24) is 25.5 Å². The number of ether oxygens (including phenoxy) is 1. The number of hydrogen-bond acceptors (Lipinski definition) is 6. The lowest BCUT2D eigenvalue weighted by Gasteiger charge is -2.19. The van der Waals surface area contributed by atoms with Gasteiger partial charge in [-0.2, -0.15) is 0 Å². The quantitative estimate of drug-likeness (QED) is 0.434. The minimum Gasteiger partial charge on any atom is -0.445 e. The van der Waals surface area contributed by atoms with Crippen LogP contribution in [0.5, 0.6) is 0 Å². The van der Waals surface area contributed by atoms with Gasteiger partial charge in [-0.15, -0.1) is 5.10 Å². The highest BCUT2D eigenvalue weighted by Gasteiger charge is 2.22. The van der Waals surface area contributed by atoms with Gasteiger partial charge >= 0.3 is 6.09 Å². The molecule has 0 fully saturated rings. The maximum absolute atomic E-state index is 13.1. The zero-order chi connectivity index (χ0) is 22.9. The van der Waals surface area contributed by atoms with Gasteiger partial charge in [-0.05, 0) is 39.8 Å². The monoisotopic (exact) mass is 442 g/mol. The third-order valence-corrected chi connectivity index (χ3v) is 4.83. The first-order valence-electron chi connectivity index (χ1n) is 10.3. The van der Waals surface area contributed by atoms with Crippen molar-refractivity contribution in [1.29, 1.82) is 0 Å². The molecule has 2 N–H and O–H groups in total. The average Bonchev–Trinajstić information content (AvgIpc) is 3.39. The Morgan fingerprint density at radius 2 is 1.64 bits per heavy atom. The van der Waals surface area contributed by atoms with E-state index in [1.165, 1.54) is 11.0 Å². The second-order valence-corrected chi connectivity index (χ2v) is 7.24. The van der Waals surface area contributed by atoms with Gasteiger partial charge in [0.15, 0.2) is 0 Å². The Kier molecular flexibility index (Phi) is 7.01. The van der Waals surface area contributed by atoms with Crippen LogP contribution in [-0.2, 0) is 22.6 Å². The van der Waals surface area contributed by atoms with Gasteiger partial charge in [0.1, 0.15) is 19.0 Å². The van der Waals surface area contributed by atoms with Crippen LogP contribution >= 0.6 is 0 Å². The summed E-state index contributed by atoms with van der Waals surface area (Å²) >= 11 is 0. The fourth-order valence-electron chi connectivity index (χ4n) is 3.20. The maximum Gasteiger partial charge on any atom is 0.408 e. The summed E-state index contributed by atoms with van der Waals surface area (Å²) in [6.07, 6.45) is 1.10. The van der Waals surface area contributed by atoms with E-state index in [0.29, 0.717) is 17.8 Å².